The monoisotopic (exact) mass is 442 g/mol. The molecule has 3 aromatic rings. The Kier molecular flexibility index (Phi) is 7.53. The molecule has 1 N–H and O–H groups in total. The first-order valence-corrected chi connectivity index (χ1v) is 11.4. The number of aryl methyl sites for hydroxylation is 1. The van der Waals surface area contributed by atoms with E-state index in [1.165, 1.54) is 0 Å². The van der Waals surface area contributed by atoms with Gasteiger partial charge in [0.2, 0.25) is 0 Å². The van der Waals surface area contributed by atoms with E-state index in [4.69, 9.17) is 4.74 Å². The van der Waals surface area contributed by atoms with Crippen molar-refractivity contribution in [3.8, 4) is 0 Å². The van der Waals surface area contributed by atoms with Crippen LogP contribution in [0.4, 0.5) is 5.69 Å². The van der Waals surface area contributed by atoms with Crippen molar-refractivity contribution in [3.63, 3.8) is 0 Å². The van der Waals surface area contributed by atoms with Gasteiger partial charge < -0.3 is 15.0 Å². The molecular weight excluding hydrogens is 412 g/mol. The zero-order chi connectivity index (χ0) is 23.0. The Balaban J connectivity index is 1.50. The number of hydrogen-bond donors (Lipinski definition) is 1. The first-order valence-electron chi connectivity index (χ1n) is 11.4. The van der Waals surface area contributed by atoms with E-state index < -0.39 is 6.04 Å². The second kappa shape index (κ2) is 10.9. The number of carbonyl (C=O) groups excluding carboxylic acids is 2. The third-order valence-electron chi connectivity index (χ3n) is 6.11. The van der Waals surface area contributed by atoms with Crippen molar-refractivity contribution in [1.29, 1.82) is 0 Å². The molecule has 1 aliphatic heterocycles. The molecule has 0 radical (unpaired) electrons. The van der Waals surface area contributed by atoms with E-state index in [-0.39, 0.29) is 18.1 Å². The highest BCUT2D eigenvalue weighted by Crippen LogP contribution is 2.18. The van der Waals surface area contributed by atoms with Crippen molar-refractivity contribution in [2.45, 2.75) is 25.8 Å². The number of Topliss-reactive ketones (excluding diaryl/α,β-unsaturated/α-hetero) is 1. The van der Waals surface area contributed by atoms with Gasteiger partial charge in [-0.25, -0.2) is 0 Å². The van der Waals surface area contributed by atoms with Crippen molar-refractivity contribution in [3.05, 3.63) is 101 Å². The van der Waals surface area contributed by atoms with Crippen molar-refractivity contribution < 1.29 is 14.3 Å². The van der Waals surface area contributed by atoms with Gasteiger partial charge in [0.05, 0.1) is 19.3 Å². The van der Waals surface area contributed by atoms with Crippen LogP contribution in [0.1, 0.15) is 27.0 Å². The van der Waals surface area contributed by atoms with E-state index in [0.717, 1.165) is 48.7 Å². The van der Waals surface area contributed by atoms with Gasteiger partial charge in [-0.1, -0.05) is 54.6 Å². The van der Waals surface area contributed by atoms with Crippen molar-refractivity contribution >= 4 is 17.4 Å². The summed E-state index contributed by atoms with van der Waals surface area (Å²) in [6.45, 7) is 5.24. The van der Waals surface area contributed by atoms with E-state index >= 15 is 0 Å². The van der Waals surface area contributed by atoms with Gasteiger partial charge in [-0.15, -0.1) is 0 Å². The number of amides is 1. The first-order chi connectivity index (χ1) is 16.1. The molecule has 5 heteroatoms. The molecule has 1 atom stereocenters. The van der Waals surface area contributed by atoms with Crippen LogP contribution in [0.3, 0.4) is 0 Å². The summed E-state index contributed by atoms with van der Waals surface area (Å²) in [6, 6.07) is 24.6. The van der Waals surface area contributed by atoms with Crippen LogP contribution in [0.2, 0.25) is 0 Å². The number of benzene rings is 3. The summed E-state index contributed by atoms with van der Waals surface area (Å²) in [5.74, 6) is -0.227. The summed E-state index contributed by atoms with van der Waals surface area (Å²) < 4.78 is 5.44. The standard InChI is InChI=1S/C28H30N2O3/c1-21-7-5-6-10-24(21)20-27(31)26(29-28(32)23-8-3-2-4-9-23)19-22-11-13-25(14-12-22)30-15-17-33-18-16-30/h2-14,26H,15-20H2,1H3,(H,29,32). The number of nitrogens with zero attached hydrogens (tertiary/aromatic N) is 1. The molecule has 1 aliphatic rings. The third-order valence-corrected chi connectivity index (χ3v) is 6.11. The molecule has 0 saturated carbocycles. The Hall–Kier alpha value is -3.44. The van der Waals surface area contributed by atoms with Gasteiger partial charge in [0.25, 0.3) is 5.91 Å². The van der Waals surface area contributed by atoms with Crippen molar-refractivity contribution in [2.24, 2.45) is 0 Å². The summed E-state index contributed by atoms with van der Waals surface area (Å²) in [5.41, 5.74) is 4.79. The van der Waals surface area contributed by atoms with Crippen LogP contribution >= 0.6 is 0 Å². The van der Waals surface area contributed by atoms with Crippen LogP contribution in [0.25, 0.3) is 0 Å². The van der Waals surface area contributed by atoms with Crippen molar-refractivity contribution in [1.82, 2.24) is 5.32 Å². The van der Waals surface area contributed by atoms with Gasteiger partial charge in [-0.2, -0.15) is 0 Å². The van der Waals surface area contributed by atoms with Crippen LogP contribution in [-0.2, 0) is 22.4 Å². The number of hydrogen-bond acceptors (Lipinski definition) is 4. The average Bonchev–Trinajstić information content (AvgIpc) is 2.86. The number of carbonyl (C=O) groups is 2. The predicted octanol–water partition coefficient (Wildman–Crippen LogP) is 3.98. The fraction of sp³-hybridized carbons (Fsp3) is 0.286. The maximum Gasteiger partial charge on any atom is 0.251 e. The van der Waals surface area contributed by atoms with Gasteiger partial charge in [0, 0.05) is 30.8 Å². The molecular formula is C28H30N2O3. The Labute approximate surface area is 195 Å². The quantitative estimate of drug-likeness (QED) is 0.573. The average molecular weight is 443 g/mol. The minimum Gasteiger partial charge on any atom is -0.378 e. The highest BCUT2D eigenvalue weighted by Gasteiger charge is 2.23. The Bertz CT molecular complexity index is 1070. The Morgan fingerprint density at radius 3 is 2.27 bits per heavy atom. The highest BCUT2D eigenvalue weighted by molar-refractivity contribution is 5.98. The summed E-state index contributed by atoms with van der Waals surface area (Å²) in [6.07, 6.45) is 0.741. The van der Waals surface area contributed by atoms with Gasteiger partial charge in [-0.05, 0) is 54.3 Å². The van der Waals surface area contributed by atoms with Crippen LogP contribution < -0.4 is 10.2 Å². The van der Waals surface area contributed by atoms with E-state index in [1.54, 1.807) is 12.1 Å². The van der Waals surface area contributed by atoms with Gasteiger partial charge in [0.1, 0.15) is 0 Å². The molecule has 0 aromatic heterocycles. The molecule has 0 bridgehead atoms. The largest absolute Gasteiger partial charge is 0.378 e. The molecule has 1 heterocycles. The fourth-order valence-electron chi connectivity index (χ4n) is 4.10. The summed E-state index contributed by atoms with van der Waals surface area (Å²) in [7, 11) is 0. The molecule has 1 unspecified atom stereocenters. The smallest absolute Gasteiger partial charge is 0.251 e. The maximum atomic E-state index is 13.3. The van der Waals surface area contributed by atoms with Gasteiger partial charge in [-0.3, -0.25) is 9.59 Å². The maximum absolute atomic E-state index is 13.3. The minimum atomic E-state index is -0.605. The van der Waals surface area contributed by atoms with Crippen molar-refractivity contribution in [2.75, 3.05) is 31.2 Å². The summed E-state index contributed by atoms with van der Waals surface area (Å²) in [4.78, 5) is 28.5. The second-order valence-corrected chi connectivity index (χ2v) is 8.43. The Morgan fingerprint density at radius 2 is 1.58 bits per heavy atom. The zero-order valence-electron chi connectivity index (χ0n) is 19.0. The lowest BCUT2D eigenvalue weighted by Crippen LogP contribution is -2.43. The number of nitrogens with one attached hydrogen (secondary N) is 1. The van der Waals surface area contributed by atoms with E-state index in [1.807, 2.05) is 61.5 Å². The predicted molar refractivity (Wildman–Crippen MR) is 131 cm³/mol. The summed E-state index contributed by atoms with van der Waals surface area (Å²) >= 11 is 0. The lowest BCUT2D eigenvalue weighted by molar-refractivity contribution is -0.120. The normalized spacial score (nSPS) is 14.5. The molecule has 33 heavy (non-hydrogen) atoms. The highest BCUT2D eigenvalue weighted by atomic mass is 16.5. The second-order valence-electron chi connectivity index (χ2n) is 8.43. The van der Waals surface area contributed by atoms with E-state index in [0.29, 0.717) is 12.0 Å². The number of anilines is 1. The SMILES string of the molecule is Cc1ccccc1CC(=O)C(Cc1ccc(N2CCOCC2)cc1)NC(=O)c1ccccc1. The zero-order valence-corrected chi connectivity index (χ0v) is 19.0. The van der Waals surface area contributed by atoms with Crippen LogP contribution in [0, 0.1) is 6.92 Å². The molecule has 0 aliphatic carbocycles. The molecule has 1 fully saturated rings. The lowest BCUT2D eigenvalue weighted by Gasteiger charge is -2.29. The van der Waals surface area contributed by atoms with Crippen LogP contribution in [-0.4, -0.2) is 44.0 Å². The molecule has 170 valence electrons. The number of ether oxygens (including phenoxy) is 1. The van der Waals surface area contributed by atoms with Crippen LogP contribution in [0.5, 0.6) is 0 Å². The van der Waals surface area contributed by atoms with E-state index in [2.05, 4.69) is 22.3 Å². The topological polar surface area (TPSA) is 58.6 Å². The molecule has 0 spiro atoms. The molecule has 5 nitrogen and oxygen atoms in total. The number of morpholine rings is 1. The Morgan fingerprint density at radius 1 is 0.909 bits per heavy atom. The fourth-order valence-corrected chi connectivity index (χ4v) is 4.10. The van der Waals surface area contributed by atoms with Crippen LogP contribution in [0.15, 0.2) is 78.9 Å². The van der Waals surface area contributed by atoms with Gasteiger partial charge >= 0.3 is 0 Å². The molecule has 4 rings (SSSR count). The minimum absolute atomic E-state index is 0.00540. The first kappa shape index (κ1) is 22.7. The summed E-state index contributed by atoms with van der Waals surface area (Å²) in [5, 5.41) is 2.98. The van der Waals surface area contributed by atoms with E-state index in [9.17, 15) is 9.59 Å². The molecule has 3 aromatic carbocycles. The number of rotatable bonds is 8. The molecule has 1 saturated heterocycles. The third kappa shape index (κ3) is 6.08. The lowest BCUT2D eigenvalue weighted by atomic mass is 9.95. The van der Waals surface area contributed by atoms with Gasteiger partial charge in [0.15, 0.2) is 5.78 Å². The molecule has 1 amide bonds. The number of ketones is 1.